The molecule has 2 saturated heterocycles. The van der Waals surface area contributed by atoms with Crippen LogP contribution in [-0.2, 0) is 20.7 Å². The average molecular weight is 396 g/mol. The van der Waals surface area contributed by atoms with Crippen molar-refractivity contribution in [2.45, 2.75) is 26.2 Å². The lowest BCUT2D eigenvalue weighted by atomic mass is 9.78. The Kier molecular flexibility index (Phi) is 7.65. The number of aryl methyl sites for hydroxylation is 1. The molecule has 2 fully saturated rings. The quantitative estimate of drug-likeness (QED) is 0.835. The Balaban J connectivity index is 0.00000261. The molecule has 3 rings (SSSR count). The van der Waals surface area contributed by atoms with E-state index in [0.717, 1.165) is 5.56 Å². The molecule has 2 aliphatic heterocycles. The van der Waals surface area contributed by atoms with E-state index in [1.54, 1.807) is 0 Å². The highest BCUT2D eigenvalue weighted by atomic mass is 35.5. The minimum atomic E-state index is -0.480. The maximum atomic E-state index is 13.0. The van der Waals surface area contributed by atoms with E-state index in [4.69, 9.17) is 10.5 Å². The first-order valence-electron chi connectivity index (χ1n) is 9.45. The molecule has 0 atom stereocenters. The molecule has 1 aromatic carbocycles. The number of halogens is 1. The van der Waals surface area contributed by atoms with Crippen LogP contribution in [0.4, 0.5) is 0 Å². The second-order valence-corrected chi connectivity index (χ2v) is 7.43. The van der Waals surface area contributed by atoms with Gasteiger partial charge in [-0.05, 0) is 25.3 Å². The standard InChI is InChI=1S/C20H29N3O3.ClH/c1-16-2-4-17(5-3-16)14-18(24)22-8-10-23(11-9-22)19(25)20(15-21)6-12-26-13-7-20;/h2-5H,6-15,21H2,1H3;1H. The van der Waals surface area contributed by atoms with E-state index in [-0.39, 0.29) is 24.2 Å². The summed E-state index contributed by atoms with van der Waals surface area (Å²) in [6.07, 6.45) is 1.79. The number of rotatable bonds is 4. The highest BCUT2D eigenvalue weighted by Crippen LogP contribution is 2.32. The molecule has 0 aliphatic carbocycles. The first-order chi connectivity index (χ1) is 12.5. The van der Waals surface area contributed by atoms with Crippen molar-refractivity contribution in [2.24, 2.45) is 11.1 Å². The van der Waals surface area contributed by atoms with Crippen LogP contribution < -0.4 is 5.73 Å². The smallest absolute Gasteiger partial charge is 0.230 e. The van der Waals surface area contributed by atoms with Crippen LogP contribution in [-0.4, -0.2) is 67.6 Å². The molecule has 2 aliphatic rings. The van der Waals surface area contributed by atoms with E-state index in [1.165, 1.54) is 5.56 Å². The van der Waals surface area contributed by atoms with E-state index in [9.17, 15) is 9.59 Å². The summed E-state index contributed by atoms with van der Waals surface area (Å²) in [6.45, 7) is 5.94. The number of benzene rings is 1. The Morgan fingerprint density at radius 3 is 2.15 bits per heavy atom. The highest BCUT2D eigenvalue weighted by molar-refractivity contribution is 5.85. The summed E-state index contributed by atoms with van der Waals surface area (Å²) in [4.78, 5) is 29.3. The number of hydrogen-bond acceptors (Lipinski definition) is 4. The van der Waals surface area contributed by atoms with Crippen molar-refractivity contribution >= 4 is 24.2 Å². The predicted molar refractivity (Wildman–Crippen MR) is 107 cm³/mol. The third-order valence-electron chi connectivity index (χ3n) is 5.69. The summed E-state index contributed by atoms with van der Waals surface area (Å²) < 4.78 is 5.40. The van der Waals surface area contributed by atoms with Crippen LogP contribution >= 0.6 is 12.4 Å². The summed E-state index contributed by atoms with van der Waals surface area (Å²) in [5.41, 5.74) is 7.69. The molecule has 2 amide bonds. The fourth-order valence-corrected chi connectivity index (χ4v) is 3.75. The van der Waals surface area contributed by atoms with Gasteiger partial charge in [0.05, 0.1) is 11.8 Å². The Labute approximate surface area is 167 Å². The van der Waals surface area contributed by atoms with Gasteiger partial charge in [0.15, 0.2) is 0 Å². The Morgan fingerprint density at radius 1 is 1.04 bits per heavy atom. The fraction of sp³-hybridized carbons (Fsp3) is 0.600. The number of carbonyl (C=O) groups excluding carboxylic acids is 2. The molecule has 0 unspecified atom stereocenters. The van der Waals surface area contributed by atoms with Crippen molar-refractivity contribution in [1.82, 2.24) is 9.80 Å². The van der Waals surface area contributed by atoms with Crippen LogP contribution in [0.5, 0.6) is 0 Å². The van der Waals surface area contributed by atoms with Crippen molar-refractivity contribution in [3.8, 4) is 0 Å². The topological polar surface area (TPSA) is 75.9 Å². The molecular formula is C20H30ClN3O3. The first-order valence-corrected chi connectivity index (χ1v) is 9.45. The van der Waals surface area contributed by atoms with Crippen LogP contribution in [0.1, 0.15) is 24.0 Å². The molecule has 27 heavy (non-hydrogen) atoms. The zero-order chi connectivity index (χ0) is 18.6. The molecule has 0 aromatic heterocycles. The van der Waals surface area contributed by atoms with Gasteiger partial charge in [0.25, 0.3) is 0 Å². The lowest BCUT2D eigenvalue weighted by Gasteiger charge is -2.42. The summed E-state index contributed by atoms with van der Waals surface area (Å²) in [7, 11) is 0. The molecule has 0 bridgehead atoms. The highest BCUT2D eigenvalue weighted by Gasteiger charge is 2.42. The van der Waals surface area contributed by atoms with Crippen LogP contribution in [0.3, 0.4) is 0 Å². The SMILES string of the molecule is Cc1ccc(CC(=O)N2CCN(C(=O)C3(CN)CCOCC3)CC2)cc1.Cl. The molecule has 0 saturated carbocycles. The van der Waals surface area contributed by atoms with E-state index in [2.05, 4.69) is 0 Å². The van der Waals surface area contributed by atoms with Gasteiger partial charge in [-0.25, -0.2) is 0 Å². The Morgan fingerprint density at radius 2 is 1.59 bits per heavy atom. The zero-order valence-corrected chi connectivity index (χ0v) is 16.8. The third kappa shape index (κ3) is 5.00. The number of hydrogen-bond donors (Lipinski definition) is 1. The van der Waals surface area contributed by atoms with Gasteiger partial charge < -0.3 is 20.3 Å². The maximum Gasteiger partial charge on any atom is 0.230 e. The van der Waals surface area contributed by atoms with Gasteiger partial charge >= 0.3 is 0 Å². The van der Waals surface area contributed by atoms with Crippen molar-refractivity contribution < 1.29 is 14.3 Å². The molecule has 0 radical (unpaired) electrons. The van der Waals surface area contributed by atoms with Crippen LogP contribution in [0.2, 0.25) is 0 Å². The van der Waals surface area contributed by atoms with Crippen molar-refractivity contribution in [3.63, 3.8) is 0 Å². The van der Waals surface area contributed by atoms with Crippen LogP contribution in [0.25, 0.3) is 0 Å². The van der Waals surface area contributed by atoms with Gasteiger partial charge in [-0.1, -0.05) is 29.8 Å². The average Bonchev–Trinajstić information content (AvgIpc) is 2.69. The summed E-state index contributed by atoms with van der Waals surface area (Å²) >= 11 is 0. The van der Waals surface area contributed by atoms with Gasteiger partial charge in [-0.3, -0.25) is 9.59 Å². The summed E-state index contributed by atoms with van der Waals surface area (Å²) in [6, 6.07) is 8.06. The number of carbonyl (C=O) groups is 2. The van der Waals surface area contributed by atoms with Gasteiger partial charge in [-0.2, -0.15) is 0 Å². The van der Waals surface area contributed by atoms with Crippen molar-refractivity contribution in [1.29, 1.82) is 0 Å². The molecule has 2 N–H and O–H groups in total. The van der Waals surface area contributed by atoms with Gasteiger partial charge in [0.1, 0.15) is 0 Å². The summed E-state index contributed by atoms with van der Waals surface area (Å²) in [5, 5.41) is 0. The summed E-state index contributed by atoms with van der Waals surface area (Å²) in [5.74, 6) is 0.259. The van der Waals surface area contributed by atoms with Crippen molar-refractivity contribution in [3.05, 3.63) is 35.4 Å². The van der Waals surface area contributed by atoms with Crippen molar-refractivity contribution in [2.75, 3.05) is 45.9 Å². The number of amides is 2. The lowest BCUT2D eigenvalue weighted by molar-refractivity contribution is -0.151. The van der Waals surface area contributed by atoms with Gasteiger partial charge in [-0.15, -0.1) is 12.4 Å². The van der Waals surface area contributed by atoms with E-state index in [0.29, 0.717) is 65.2 Å². The number of nitrogens with two attached hydrogens (primary N) is 1. The van der Waals surface area contributed by atoms with E-state index in [1.807, 2.05) is 41.0 Å². The second-order valence-electron chi connectivity index (χ2n) is 7.43. The second kappa shape index (κ2) is 9.53. The molecule has 0 spiro atoms. The largest absolute Gasteiger partial charge is 0.381 e. The monoisotopic (exact) mass is 395 g/mol. The molecule has 150 valence electrons. The Bertz CT molecular complexity index is 636. The zero-order valence-electron chi connectivity index (χ0n) is 16.0. The Hall–Kier alpha value is -1.63. The van der Waals surface area contributed by atoms with Gasteiger partial charge in [0, 0.05) is 45.9 Å². The number of nitrogens with zero attached hydrogens (tertiary/aromatic N) is 2. The molecule has 7 heteroatoms. The van der Waals surface area contributed by atoms with Gasteiger partial charge in [0.2, 0.25) is 11.8 Å². The predicted octanol–water partition coefficient (Wildman–Crippen LogP) is 1.39. The van der Waals surface area contributed by atoms with E-state index >= 15 is 0 Å². The normalized spacial score (nSPS) is 19.3. The molecular weight excluding hydrogens is 366 g/mol. The fourth-order valence-electron chi connectivity index (χ4n) is 3.75. The first kappa shape index (κ1) is 21.7. The number of piperazine rings is 1. The maximum absolute atomic E-state index is 13.0. The molecule has 1 aromatic rings. The number of ether oxygens (including phenoxy) is 1. The minimum absolute atomic E-state index is 0. The van der Waals surface area contributed by atoms with E-state index < -0.39 is 5.41 Å². The molecule has 6 nitrogen and oxygen atoms in total. The third-order valence-corrected chi connectivity index (χ3v) is 5.69. The lowest BCUT2D eigenvalue weighted by Crippen LogP contribution is -2.57. The minimum Gasteiger partial charge on any atom is -0.381 e. The van der Waals surface area contributed by atoms with Crippen LogP contribution in [0.15, 0.2) is 24.3 Å². The van der Waals surface area contributed by atoms with Crippen LogP contribution in [0, 0.1) is 12.3 Å². The molecule has 2 heterocycles.